The lowest BCUT2D eigenvalue weighted by Gasteiger charge is -2.00. The summed E-state index contributed by atoms with van der Waals surface area (Å²) in [5.41, 5.74) is 3.02. The van der Waals surface area contributed by atoms with Crippen LogP contribution in [0.4, 0.5) is 5.69 Å². The maximum Gasteiger partial charge on any atom is 0.199 e. The van der Waals surface area contributed by atoms with Crippen molar-refractivity contribution in [1.29, 1.82) is 0 Å². The van der Waals surface area contributed by atoms with E-state index in [4.69, 9.17) is 4.74 Å². The fourth-order valence-corrected chi connectivity index (χ4v) is 1.18. The number of ketones is 1. The number of aryl methyl sites for hydroxylation is 2. The largest absolute Gasteiger partial charge is 0.376 e. The first kappa shape index (κ1) is 11.6. The Hall–Kier alpha value is -1.48. The Morgan fingerprint density at radius 1 is 1.47 bits per heavy atom. The molecule has 0 aromatic heterocycles. The Labute approximate surface area is 89.8 Å². The summed E-state index contributed by atoms with van der Waals surface area (Å²) in [4.78, 5) is 15.3. The maximum absolute atomic E-state index is 11.1. The van der Waals surface area contributed by atoms with E-state index in [9.17, 15) is 4.79 Å². The molecule has 0 fully saturated rings. The third-order valence-electron chi connectivity index (χ3n) is 2.00. The average molecular weight is 205 g/mol. The van der Waals surface area contributed by atoms with Crippen LogP contribution in [0.1, 0.15) is 11.1 Å². The van der Waals surface area contributed by atoms with E-state index in [-0.39, 0.29) is 12.4 Å². The first-order valence-electron chi connectivity index (χ1n) is 4.76. The van der Waals surface area contributed by atoms with Gasteiger partial charge in [-0.15, -0.1) is 0 Å². The lowest BCUT2D eigenvalue weighted by Crippen LogP contribution is -2.06. The number of hydrogen-bond acceptors (Lipinski definition) is 3. The SMILES string of the molecule is COCC(=O)/C=N/c1cc(C)ccc1C. The third kappa shape index (κ3) is 3.64. The lowest BCUT2D eigenvalue weighted by atomic mass is 10.1. The van der Waals surface area contributed by atoms with Gasteiger partial charge >= 0.3 is 0 Å². The van der Waals surface area contributed by atoms with Crippen molar-refractivity contribution in [2.75, 3.05) is 13.7 Å². The van der Waals surface area contributed by atoms with Gasteiger partial charge in [-0.3, -0.25) is 9.79 Å². The van der Waals surface area contributed by atoms with E-state index >= 15 is 0 Å². The Balaban J connectivity index is 2.79. The maximum atomic E-state index is 11.1. The number of ether oxygens (including phenoxy) is 1. The highest BCUT2D eigenvalue weighted by Gasteiger charge is 1.98. The van der Waals surface area contributed by atoms with Gasteiger partial charge in [0.15, 0.2) is 5.78 Å². The van der Waals surface area contributed by atoms with Crippen LogP contribution in [0.25, 0.3) is 0 Å². The molecule has 1 aromatic carbocycles. The molecule has 0 aliphatic heterocycles. The molecule has 3 nitrogen and oxygen atoms in total. The molecule has 80 valence electrons. The molecule has 0 aliphatic rings. The number of nitrogens with zero attached hydrogens (tertiary/aromatic N) is 1. The first-order valence-corrected chi connectivity index (χ1v) is 4.76. The number of rotatable bonds is 4. The van der Waals surface area contributed by atoms with E-state index in [0.717, 1.165) is 16.8 Å². The third-order valence-corrected chi connectivity index (χ3v) is 2.00. The minimum atomic E-state index is -0.126. The average Bonchev–Trinajstić information content (AvgIpc) is 2.20. The second-order valence-electron chi connectivity index (χ2n) is 3.45. The summed E-state index contributed by atoms with van der Waals surface area (Å²) >= 11 is 0. The van der Waals surface area contributed by atoms with E-state index in [2.05, 4.69) is 4.99 Å². The summed E-state index contributed by atoms with van der Waals surface area (Å²) in [5.74, 6) is -0.126. The van der Waals surface area contributed by atoms with Crippen molar-refractivity contribution in [3.05, 3.63) is 29.3 Å². The zero-order valence-corrected chi connectivity index (χ0v) is 9.28. The number of methoxy groups -OCH3 is 1. The van der Waals surface area contributed by atoms with Crippen LogP contribution in [0.15, 0.2) is 23.2 Å². The van der Waals surface area contributed by atoms with Crippen molar-refractivity contribution in [3.63, 3.8) is 0 Å². The van der Waals surface area contributed by atoms with Gasteiger partial charge in [0.2, 0.25) is 0 Å². The predicted octanol–water partition coefficient (Wildman–Crippen LogP) is 2.22. The van der Waals surface area contributed by atoms with Gasteiger partial charge in [-0.25, -0.2) is 0 Å². The summed E-state index contributed by atoms with van der Waals surface area (Å²) in [6.45, 7) is 4.04. The van der Waals surface area contributed by atoms with Crippen molar-refractivity contribution in [3.8, 4) is 0 Å². The predicted molar refractivity (Wildman–Crippen MR) is 61.0 cm³/mol. The van der Waals surface area contributed by atoms with Crippen molar-refractivity contribution < 1.29 is 9.53 Å². The monoisotopic (exact) mass is 205 g/mol. The second-order valence-corrected chi connectivity index (χ2v) is 3.45. The first-order chi connectivity index (χ1) is 7.13. The zero-order chi connectivity index (χ0) is 11.3. The summed E-state index contributed by atoms with van der Waals surface area (Å²) in [6.07, 6.45) is 1.31. The number of carbonyl (C=O) groups excluding carboxylic acids is 1. The minimum absolute atomic E-state index is 0.0777. The highest BCUT2D eigenvalue weighted by atomic mass is 16.5. The molecule has 0 aliphatic carbocycles. The van der Waals surface area contributed by atoms with Gasteiger partial charge in [0.05, 0.1) is 11.9 Å². The minimum Gasteiger partial charge on any atom is -0.376 e. The molecule has 0 bridgehead atoms. The van der Waals surface area contributed by atoms with Gasteiger partial charge in [0.1, 0.15) is 6.61 Å². The summed E-state index contributed by atoms with van der Waals surface area (Å²) in [6, 6.07) is 5.96. The molecule has 1 aromatic rings. The number of aliphatic imine (C=N–C) groups is 1. The molecule has 0 spiro atoms. The van der Waals surface area contributed by atoms with E-state index in [0.29, 0.717) is 0 Å². The standard InChI is InChI=1S/C12H15NO2/c1-9-4-5-10(2)12(6-9)13-7-11(14)8-15-3/h4-7H,8H2,1-3H3/b13-7+. The Morgan fingerprint density at radius 2 is 2.20 bits per heavy atom. The van der Waals surface area contributed by atoms with Gasteiger partial charge < -0.3 is 4.74 Å². The van der Waals surface area contributed by atoms with E-state index in [1.165, 1.54) is 13.3 Å². The fourth-order valence-electron chi connectivity index (χ4n) is 1.18. The van der Waals surface area contributed by atoms with Crippen LogP contribution in [0.5, 0.6) is 0 Å². The number of benzene rings is 1. The smallest absolute Gasteiger partial charge is 0.199 e. The van der Waals surface area contributed by atoms with Crippen LogP contribution < -0.4 is 0 Å². The molecule has 1 rings (SSSR count). The highest BCUT2D eigenvalue weighted by Crippen LogP contribution is 2.18. The van der Waals surface area contributed by atoms with Gasteiger partial charge in [-0.1, -0.05) is 12.1 Å². The van der Waals surface area contributed by atoms with E-state index in [1.54, 1.807) is 0 Å². The van der Waals surface area contributed by atoms with Crippen molar-refractivity contribution in [1.82, 2.24) is 0 Å². The lowest BCUT2D eigenvalue weighted by molar-refractivity contribution is -0.115. The molecule has 15 heavy (non-hydrogen) atoms. The molecular formula is C12H15NO2. The number of hydrogen-bond donors (Lipinski definition) is 0. The van der Waals surface area contributed by atoms with Gasteiger partial charge in [-0.2, -0.15) is 0 Å². The van der Waals surface area contributed by atoms with Gasteiger partial charge in [-0.05, 0) is 31.0 Å². The summed E-state index contributed by atoms with van der Waals surface area (Å²) in [7, 11) is 1.49. The molecule has 3 heteroatoms. The van der Waals surface area contributed by atoms with Crippen molar-refractivity contribution >= 4 is 17.7 Å². The molecule has 0 saturated carbocycles. The van der Waals surface area contributed by atoms with Crippen LogP contribution in [0.3, 0.4) is 0 Å². The van der Waals surface area contributed by atoms with Crippen LogP contribution in [-0.2, 0) is 9.53 Å². The van der Waals surface area contributed by atoms with Crippen LogP contribution in [0, 0.1) is 13.8 Å². The molecular weight excluding hydrogens is 190 g/mol. The van der Waals surface area contributed by atoms with E-state index < -0.39 is 0 Å². The summed E-state index contributed by atoms with van der Waals surface area (Å²) in [5, 5.41) is 0. The zero-order valence-electron chi connectivity index (χ0n) is 9.28. The quantitative estimate of drug-likeness (QED) is 0.707. The van der Waals surface area contributed by atoms with E-state index in [1.807, 2.05) is 32.0 Å². The molecule has 0 heterocycles. The fraction of sp³-hybridized carbons (Fsp3) is 0.333. The molecule has 0 unspecified atom stereocenters. The number of carbonyl (C=O) groups is 1. The van der Waals surface area contributed by atoms with Crippen LogP contribution >= 0.6 is 0 Å². The van der Waals surface area contributed by atoms with Gasteiger partial charge in [0.25, 0.3) is 0 Å². The Bertz CT molecular complexity index is 383. The normalized spacial score (nSPS) is 10.9. The molecule has 0 radical (unpaired) electrons. The molecule has 0 N–H and O–H groups in total. The Morgan fingerprint density at radius 3 is 2.87 bits per heavy atom. The topological polar surface area (TPSA) is 38.7 Å². The molecule has 0 saturated heterocycles. The van der Waals surface area contributed by atoms with Gasteiger partial charge in [0, 0.05) is 7.11 Å². The summed E-state index contributed by atoms with van der Waals surface area (Å²) < 4.78 is 4.71. The molecule has 0 amide bonds. The highest BCUT2D eigenvalue weighted by molar-refractivity contribution is 6.28. The molecule has 0 atom stereocenters. The number of Topliss-reactive ketones (excluding diaryl/α,β-unsaturated/α-hetero) is 1. The van der Waals surface area contributed by atoms with Crippen LogP contribution in [-0.4, -0.2) is 25.7 Å². The second kappa shape index (κ2) is 5.41. The Kier molecular flexibility index (Phi) is 4.18. The van der Waals surface area contributed by atoms with Crippen molar-refractivity contribution in [2.24, 2.45) is 4.99 Å². The van der Waals surface area contributed by atoms with Crippen molar-refractivity contribution in [2.45, 2.75) is 13.8 Å². The van der Waals surface area contributed by atoms with Crippen LogP contribution in [0.2, 0.25) is 0 Å².